The summed E-state index contributed by atoms with van der Waals surface area (Å²) in [6, 6.07) is -0.365. The SMILES string of the molecule is CCn1ccnc1C(N)c1ncc(C)cn1. The zero-order chi connectivity index (χ0) is 11.5. The van der Waals surface area contributed by atoms with Crippen LogP contribution in [0.5, 0.6) is 0 Å². The van der Waals surface area contributed by atoms with Gasteiger partial charge in [0.15, 0.2) is 5.82 Å². The van der Waals surface area contributed by atoms with Gasteiger partial charge < -0.3 is 10.3 Å². The average molecular weight is 217 g/mol. The molecule has 2 heterocycles. The maximum absolute atomic E-state index is 6.08. The van der Waals surface area contributed by atoms with E-state index in [0.717, 1.165) is 17.9 Å². The minimum atomic E-state index is -0.365. The van der Waals surface area contributed by atoms with Crippen molar-refractivity contribution in [1.82, 2.24) is 19.5 Å². The molecule has 2 rings (SSSR count). The van der Waals surface area contributed by atoms with Gasteiger partial charge in [-0.3, -0.25) is 0 Å². The first-order valence-electron chi connectivity index (χ1n) is 5.27. The van der Waals surface area contributed by atoms with Crippen LogP contribution < -0.4 is 5.73 Å². The van der Waals surface area contributed by atoms with Crippen LogP contribution in [0.4, 0.5) is 0 Å². The predicted octanol–water partition coefficient (Wildman–Crippen LogP) is 1.05. The maximum atomic E-state index is 6.08. The highest BCUT2D eigenvalue weighted by atomic mass is 15.1. The van der Waals surface area contributed by atoms with Gasteiger partial charge in [-0.1, -0.05) is 0 Å². The summed E-state index contributed by atoms with van der Waals surface area (Å²) < 4.78 is 1.99. The Bertz CT molecular complexity index is 459. The Balaban J connectivity index is 2.31. The maximum Gasteiger partial charge on any atom is 0.152 e. The summed E-state index contributed by atoms with van der Waals surface area (Å²) in [5.74, 6) is 1.40. The lowest BCUT2D eigenvalue weighted by molar-refractivity contribution is 0.634. The third kappa shape index (κ3) is 1.94. The summed E-state index contributed by atoms with van der Waals surface area (Å²) in [6.07, 6.45) is 7.18. The molecule has 2 N–H and O–H groups in total. The van der Waals surface area contributed by atoms with Gasteiger partial charge in [-0.05, 0) is 19.4 Å². The Labute approximate surface area is 94.4 Å². The van der Waals surface area contributed by atoms with Gasteiger partial charge in [0.05, 0.1) is 0 Å². The van der Waals surface area contributed by atoms with E-state index < -0.39 is 0 Å². The Morgan fingerprint density at radius 1 is 1.31 bits per heavy atom. The van der Waals surface area contributed by atoms with E-state index >= 15 is 0 Å². The zero-order valence-corrected chi connectivity index (χ0v) is 9.46. The van der Waals surface area contributed by atoms with Crippen molar-refractivity contribution in [3.05, 3.63) is 42.0 Å². The molecule has 0 aliphatic carbocycles. The van der Waals surface area contributed by atoms with Gasteiger partial charge in [0, 0.05) is 31.3 Å². The van der Waals surface area contributed by atoms with Crippen LogP contribution in [0.15, 0.2) is 24.8 Å². The summed E-state index contributed by atoms with van der Waals surface area (Å²) in [6.45, 7) is 4.84. The molecule has 0 spiro atoms. The number of hydrogen-bond acceptors (Lipinski definition) is 4. The molecule has 0 saturated carbocycles. The van der Waals surface area contributed by atoms with Gasteiger partial charge in [0.1, 0.15) is 11.9 Å². The first kappa shape index (κ1) is 10.8. The Kier molecular flexibility index (Phi) is 2.96. The van der Waals surface area contributed by atoms with Crippen LogP contribution >= 0.6 is 0 Å². The van der Waals surface area contributed by atoms with Crippen LogP contribution in [-0.2, 0) is 6.54 Å². The van der Waals surface area contributed by atoms with Crippen molar-refractivity contribution in [2.24, 2.45) is 5.73 Å². The van der Waals surface area contributed by atoms with Crippen LogP contribution in [0.3, 0.4) is 0 Å². The number of aryl methyl sites for hydroxylation is 2. The molecule has 16 heavy (non-hydrogen) atoms. The molecule has 2 aromatic heterocycles. The molecule has 0 aliphatic heterocycles. The van der Waals surface area contributed by atoms with Crippen molar-refractivity contribution in [2.75, 3.05) is 0 Å². The van der Waals surface area contributed by atoms with E-state index in [9.17, 15) is 0 Å². The van der Waals surface area contributed by atoms with Gasteiger partial charge in [-0.2, -0.15) is 0 Å². The molecule has 0 radical (unpaired) electrons. The Morgan fingerprint density at radius 2 is 2.00 bits per heavy atom. The fourth-order valence-corrected chi connectivity index (χ4v) is 1.55. The van der Waals surface area contributed by atoms with E-state index in [1.807, 2.05) is 24.6 Å². The fraction of sp³-hybridized carbons (Fsp3) is 0.364. The predicted molar refractivity (Wildman–Crippen MR) is 60.7 cm³/mol. The molecule has 5 heteroatoms. The molecular formula is C11H15N5. The minimum absolute atomic E-state index is 0.365. The number of hydrogen-bond donors (Lipinski definition) is 1. The number of nitrogens with zero attached hydrogens (tertiary/aromatic N) is 4. The largest absolute Gasteiger partial charge is 0.334 e. The molecule has 0 amide bonds. The second kappa shape index (κ2) is 4.40. The topological polar surface area (TPSA) is 69.6 Å². The van der Waals surface area contributed by atoms with E-state index in [0.29, 0.717) is 5.82 Å². The lowest BCUT2D eigenvalue weighted by atomic mass is 10.2. The molecule has 0 saturated heterocycles. The molecular weight excluding hydrogens is 202 g/mol. The molecule has 1 unspecified atom stereocenters. The second-order valence-corrected chi connectivity index (χ2v) is 3.67. The van der Waals surface area contributed by atoms with Crippen LogP contribution in [0.1, 0.15) is 30.2 Å². The minimum Gasteiger partial charge on any atom is -0.334 e. The van der Waals surface area contributed by atoms with Gasteiger partial charge in [-0.15, -0.1) is 0 Å². The van der Waals surface area contributed by atoms with Crippen molar-refractivity contribution in [3.63, 3.8) is 0 Å². The molecule has 5 nitrogen and oxygen atoms in total. The molecule has 1 atom stereocenters. The molecule has 0 fully saturated rings. The van der Waals surface area contributed by atoms with E-state index in [4.69, 9.17) is 5.73 Å². The summed E-state index contributed by atoms with van der Waals surface area (Å²) >= 11 is 0. The van der Waals surface area contributed by atoms with Crippen molar-refractivity contribution in [2.45, 2.75) is 26.4 Å². The van der Waals surface area contributed by atoms with Gasteiger partial charge in [0.2, 0.25) is 0 Å². The average Bonchev–Trinajstić information content (AvgIpc) is 2.77. The van der Waals surface area contributed by atoms with E-state index in [2.05, 4.69) is 15.0 Å². The number of rotatable bonds is 3. The highest BCUT2D eigenvalue weighted by Crippen LogP contribution is 2.13. The molecule has 0 aromatic carbocycles. The normalized spacial score (nSPS) is 12.7. The third-order valence-electron chi connectivity index (χ3n) is 2.45. The quantitative estimate of drug-likeness (QED) is 0.834. The van der Waals surface area contributed by atoms with Crippen molar-refractivity contribution >= 4 is 0 Å². The van der Waals surface area contributed by atoms with E-state index in [1.54, 1.807) is 18.6 Å². The number of aromatic nitrogens is 4. The fourth-order valence-electron chi connectivity index (χ4n) is 1.55. The van der Waals surface area contributed by atoms with Crippen molar-refractivity contribution in [1.29, 1.82) is 0 Å². The smallest absolute Gasteiger partial charge is 0.152 e. The van der Waals surface area contributed by atoms with Crippen LogP contribution in [0.25, 0.3) is 0 Å². The lowest BCUT2D eigenvalue weighted by Crippen LogP contribution is -2.20. The van der Waals surface area contributed by atoms with Gasteiger partial charge in [-0.25, -0.2) is 15.0 Å². The molecule has 0 aliphatic rings. The highest BCUT2D eigenvalue weighted by Gasteiger charge is 2.16. The number of imidazole rings is 1. The van der Waals surface area contributed by atoms with Crippen LogP contribution in [0, 0.1) is 6.92 Å². The first-order valence-corrected chi connectivity index (χ1v) is 5.27. The highest BCUT2D eigenvalue weighted by molar-refractivity contribution is 5.12. The summed E-state index contributed by atoms with van der Waals surface area (Å²) in [5.41, 5.74) is 7.10. The van der Waals surface area contributed by atoms with Gasteiger partial charge >= 0.3 is 0 Å². The van der Waals surface area contributed by atoms with Crippen molar-refractivity contribution in [3.8, 4) is 0 Å². The summed E-state index contributed by atoms with van der Waals surface area (Å²) in [4.78, 5) is 12.7. The van der Waals surface area contributed by atoms with Crippen molar-refractivity contribution < 1.29 is 0 Å². The Morgan fingerprint density at radius 3 is 2.62 bits per heavy atom. The summed E-state index contributed by atoms with van der Waals surface area (Å²) in [5, 5.41) is 0. The lowest BCUT2D eigenvalue weighted by Gasteiger charge is -2.11. The number of nitrogens with two attached hydrogens (primary N) is 1. The standard InChI is InChI=1S/C11H15N5/c1-3-16-5-4-13-11(16)9(12)10-14-6-8(2)7-15-10/h4-7,9H,3,12H2,1-2H3. The molecule has 2 aromatic rings. The monoisotopic (exact) mass is 217 g/mol. The zero-order valence-electron chi connectivity index (χ0n) is 9.46. The van der Waals surface area contributed by atoms with Crippen LogP contribution in [-0.4, -0.2) is 19.5 Å². The molecule has 84 valence electrons. The summed E-state index contributed by atoms with van der Waals surface area (Å²) in [7, 11) is 0. The molecule has 0 bridgehead atoms. The first-order chi connectivity index (χ1) is 7.72. The Hall–Kier alpha value is -1.75. The third-order valence-corrected chi connectivity index (χ3v) is 2.45. The van der Waals surface area contributed by atoms with Crippen LogP contribution in [0.2, 0.25) is 0 Å². The van der Waals surface area contributed by atoms with E-state index in [-0.39, 0.29) is 6.04 Å². The van der Waals surface area contributed by atoms with Gasteiger partial charge in [0.25, 0.3) is 0 Å². The van der Waals surface area contributed by atoms with E-state index in [1.165, 1.54) is 0 Å². The second-order valence-electron chi connectivity index (χ2n) is 3.67.